The van der Waals surface area contributed by atoms with E-state index in [4.69, 9.17) is 0 Å². The molecular weight excluding hydrogens is 200 g/mol. The Hall–Kier alpha value is -0.630. The number of allylic oxidation sites excluding steroid dienone is 2. The molecule has 0 radical (unpaired) electrons. The largest absolute Gasteiger partial charge is 0.393 e. The second kappa shape index (κ2) is 7.61. The first-order valence-electron chi connectivity index (χ1n) is 6.16. The van der Waals surface area contributed by atoms with E-state index in [1.807, 2.05) is 0 Å². The zero-order valence-electron chi connectivity index (χ0n) is 11.3. The summed E-state index contributed by atoms with van der Waals surface area (Å²) in [4.78, 5) is 11.5. The molecule has 1 N–H and O–H groups in total. The van der Waals surface area contributed by atoms with Crippen molar-refractivity contribution in [1.82, 2.24) is 0 Å². The molecule has 0 saturated heterocycles. The van der Waals surface area contributed by atoms with E-state index >= 15 is 0 Å². The van der Waals surface area contributed by atoms with E-state index in [0.29, 0.717) is 12.3 Å². The molecule has 0 aliphatic heterocycles. The molecule has 3 unspecified atom stereocenters. The van der Waals surface area contributed by atoms with Crippen molar-refractivity contribution >= 4 is 5.78 Å². The average molecular weight is 226 g/mol. The molecule has 0 heterocycles. The first-order valence-corrected chi connectivity index (χ1v) is 6.16. The van der Waals surface area contributed by atoms with E-state index in [2.05, 4.69) is 26.8 Å². The maximum absolute atomic E-state index is 11.5. The first kappa shape index (κ1) is 15.4. The van der Waals surface area contributed by atoms with Gasteiger partial charge in [0, 0.05) is 5.92 Å². The third-order valence-electron chi connectivity index (χ3n) is 2.98. The number of carbonyl (C=O) groups is 1. The fourth-order valence-corrected chi connectivity index (χ4v) is 2.00. The van der Waals surface area contributed by atoms with Crippen LogP contribution < -0.4 is 0 Å². The van der Waals surface area contributed by atoms with Crippen LogP contribution in [0.3, 0.4) is 0 Å². The minimum absolute atomic E-state index is 0.00515. The van der Waals surface area contributed by atoms with E-state index in [1.165, 1.54) is 5.57 Å². The van der Waals surface area contributed by atoms with Gasteiger partial charge in [-0.25, -0.2) is 0 Å². The molecule has 3 atom stereocenters. The molecule has 2 nitrogen and oxygen atoms in total. The standard InChI is InChI=1S/C14H26O2/c1-10(2)7-6-8-11(3)14(13(5)16)9-12(4)15/h7,11-12,14-15H,6,8-9H2,1-5H3. The summed E-state index contributed by atoms with van der Waals surface area (Å²) in [6.07, 6.45) is 4.44. The quantitative estimate of drug-likeness (QED) is 0.676. The van der Waals surface area contributed by atoms with Crippen LogP contribution in [0.4, 0.5) is 0 Å². The summed E-state index contributed by atoms with van der Waals surface area (Å²) >= 11 is 0. The number of hydrogen-bond acceptors (Lipinski definition) is 2. The number of ketones is 1. The molecule has 0 bridgehead atoms. The summed E-state index contributed by atoms with van der Waals surface area (Å²) in [6.45, 7) is 9.66. The third kappa shape index (κ3) is 6.78. The van der Waals surface area contributed by atoms with Gasteiger partial charge in [-0.1, -0.05) is 18.6 Å². The topological polar surface area (TPSA) is 37.3 Å². The molecule has 0 fully saturated rings. The molecule has 94 valence electrons. The SMILES string of the molecule is CC(=O)C(CC(C)O)C(C)CCC=C(C)C. The fraction of sp³-hybridized carbons (Fsp3) is 0.786. The number of aliphatic hydroxyl groups is 1. The lowest BCUT2D eigenvalue weighted by Gasteiger charge is -2.22. The Balaban J connectivity index is 4.22. The van der Waals surface area contributed by atoms with Gasteiger partial charge in [0.05, 0.1) is 6.10 Å². The Bertz CT molecular complexity index is 237. The van der Waals surface area contributed by atoms with Gasteiger partial charge in [-0.15, -0.1) is 0 Å². The summed E-state index contributed by atoms with van der Waals surface area (Å²) in [6, 6.07) is 0. The average Bonchev–Trinajstić information content (AvgIpc) is 2.12. The van der Waals surface area contributed by atoms with Gasteiger partial charge < -0.3 is 5.11 Å². The van der Waals surface area contributed by atoms with Gasteiger partial charge in [-0.2, -0.15) is 0 Å². The Labute approximate surface area is 99.7 Å². The van der Waals surface area contributed by atoms with Crippen molar-refractivity contribution in [3.05, 3.63) is 11.6 Å². The highest BCUT2D eigenvalue weighted by Crippen LogP contribution is 2.23. The van der Waals surface area contributed by atoms with Crippen LogP contribution in [-0.4, -0.2) is 17.0 Å². The lowest BCUT2D eigenvalue weighted by Crippen LogP contribution is -2.23. The van der Waals surface area contributed by atoms with Crippen molar-refractivity contribution in [3.63, 3.8) is 0 Å². The van der Waals surface area contributed by atoms with Crippen LogP contribution in [0, 0.1) is 11.8 Å². The van der Waals surface area contributed by atoms with Crippen molar-refractivity contribution < 1.29 is 9.90 Å². The van der Waals surface area contributed by atoms with Crippen molar-refractivity contribution in [2.24, 2.45) is 11.8 Å². The van der Waals surface area contributed by atoms with Gasteiger partial charge in [-0.05, 0) is 52.9 Å². The maximum atomic E-state index is 11.5. The fourth-order valence-electron chi connectivity index (χ4n) is 2.00. The van der Waals surface area contributed by atoms with Gasteiger partial charge in [0.25, 0.3) is 0 Å². The second-order valence-electron chi connectivity index (χ2n) is 5.14. The molecule has 0 aromatic heterocycles. The first-order chi connectivity index (χ1) is 7.34. The maximum Gasteiger partial charge on any atom is 0.133 e. The minimum Gasteiger partial charge on any atom is -0.393 e. The molecule has 16 heavy (non-hydrogen) atoms. The number of hydrogen-bond donors (Lipinski definition) is 1. The molecule has 0 rings (SSSR count). The van der Waals surface area contributed by atoms with Crippen LogP contribution in [0.1, 0.15) is 53.9 Å². The Morgan fingerprint density at radius 1 is 1.25 bits per heavy atom. The van der Waals surface area contributed by atoms with Crippen LogP contribution in [0.25, 0.3) is 0 Å². The van der Waals surface area contributed by atoms with Gasteiger partial charge in [-0.3, -0.25) is 4.79 Å². The number of aliphatic hydroxyl groups excluding tert-OH is 1. The van der Waals surface area contributed by atoms with Crippen LogP contribution in [0.5, 0.6) is 0 Å². The molecule has 0 saturated carbocycles. The summed E-state index contributed by atoms with van der Waals surface area (Å²) < 4.78 is 0. The molecule has 0 aliphatic rings. The zero-order chi connectivity index (χ0) is 12.7. The molecular formula is C14H26O2. The summed E-state index contributed by atoms with van der Waals surface area (Å²) in [5.41, 5.74) is 1.32. The highest BCUT2D eigenvalue weighted by Gasteiger charge is 2.22. The lowest BCUT2D eigenvalue weighted by atomic mass is 9.83. The molecule has 0 aromatic carbocycles. The second-order valence-corrected chi connectivity index (χ2v) is 5.14. The van der Waals surface area contributed by atoms with Crippen LogP contribution in [-0.2, 0) is 4.79 Å². The van der Waals surface area contributed by atoms with E-state index in [1.54, 1.807) is 13.8 Å². The number of rotatable bonds is 7. The van der Waals surface area contributed by atoms with Crippen LogP contribution in [0.15, 0.2) is 11.6 Å². The van der Waals surface area contributed by atoms with E-state index < -0.39 is 0 Å². The van der Waals surface area contributed by atoms with Gasteiger partial charge >= 0.3 is 0 Å². The van der Waals surface area contributed by atoms with Gasteiger partial charge in [0.15, 0.2) is 0 Å². The zero-order valence-corrected chi connectivity index (χ0v) is 11.3. The molecule has 0 aliphatic carbocycles. The third-order valence-corrected chi connectivity index (χ3v) is 2.98. The van der Waals surface area contributed by atoms with Gasteiger partial charge in [0.2, 0.25) is 0 Å². The molecule has 2 heteroatoms. The smallest absolute Gasteiger partial charge is 0.133 e. The number of Topliss-reactive ketones (excluding diaryl/α,β-unsaturated/α-hetero) is 1. The Morgan fingerprint density at radius 2 is 1.81 bits per heavy atom. The summed E-state index contributed by atoms with van der Waals surface area (Å²) in [5.74, 6) is 0.555. The molecule has 0 amide bonds. The Kier molecular flexibility index (Phi) is 7.31. The predicted molar refractivity (Wildman–Crippen MR) is 68.3 cm³/mol. The van der Waals surface area contributed by atoms with E-state index in [9.17, 15) is 9.90 Å². The highest BCUT2D eigenvalue weighted by atomic mass is 16.3. The highest BCUT2D eigenvalue weighted by molar-refractivity contribution is 5.78. The van der Waals surface area contributed by atoms with Crippen molar-refractivity contribution in [2.45, 2.75) is 60.0 Å². The van der Waals surface area contributed by atoms with Crippen molar-refractivity contribution in [3.8, 4) is 0 Å². The minimum atomic E-state index is -0.389. The van der Waals surface area contributed by atoms with Crippen molar-refractivity contribution in [1.29, 1.82) is 0 Å². The van der Waals surface area contributed by atoms with Crippen molar-refractivity contribution in [2.75, 3.05) is 0 Å². The lowest BCUT2D eigenvalue weighted by molar-refractivity contribution is -0.123. The summed E-state index contributed by atoms with van der Waals surface area (Å²) in [5, 5.41) is 9.37. The number of carbonyl (C=O) groups excluding carboxylic acids is 1. The molecule has 0 aromatic rings. The molecule has 0 spiro atoms. The van der Waals surface area contributed by atoms with E-state index in [0.717, 1.165) is 12.8 Å². The summed E-state index contributed by atoms with van der Waals surface area (Å²) in [7, 11) is 0. The van der Waals surface area contributed by atoms with Crippen LogP contribution >= 0.6 is 0 Å². The van der Waals surface area contributed by atoms with E-state index in [-0.39, 0.29) is 17.8 Å². The van der Waals surface area contributed by atoms with Crippen LogP contribution in [0.2, 0.25) is 0 Å². The monoisotopic (exact) mass is 226 g/mol. The van der Waals surface area contributed by atoms with Gasteiger partial charge in [0.1, 0.15) is 5.78 Å². The predicted octanol–water partition coefficient (Wildman–Crippen LogP) is 3.35. The normalized spacial score (nSPS) is 16.4. The Morgan fingerprint density at radius 3 is 2.19 bits per heavy atom.